The minimum Gasteiger partial charge on any atom is -0.481 e. The molecule has 0 aliphatic rings. The smallest absolute Gasteiger partial charge is 0.305 e. The van der Waals surface area contributed by atoms with Crippen LogP contribution in [0, 0.1) is 6.92 Å². The van der Waals surface area contributed by atoms with Gasteiger partial charge in [0.25, 0.3) is 5.91 Å². The standard InChI is InChI=1S/C13H17NO5S/c1-8-4-5-10(7-11(8)20(3,18)19)13(17)14-9(2)6-12(15)16/h4-5,7,9H,6H2,1-3H3,(H,14,17)(H,15,16). The van der Waals surface area contributed by atoms with Crippen molar-refractivity contribution in [3.05, 3.63) is 29.3 Å². The summed E-state index contributed by atoms with van der Waals surface area (Å²) < 4.78 is 23.2. The van der Waals surface area contributed by atoms with Crippen LogP contribution in [0.15, 0.2) is 23.1 Å². The largest absolute Gasteiger partial charge is 0.481 e. The molecule has 6 nitrogen and oxygen atoms in total. The highest BCUT2D eigenvalue weighted by atomic mass is 32.2. The van der Waals surface area contributed by atoms with E-state index in [1.807, 2.05) is 0 Å². The summed E-state index contributed by atoms with van der Waals surface area (Å²) in [5, 5.41) is 11.1. The molecule has 7 heteroatoms. The first-order chi connectivity index (χ1) is 9.11. The van der Waals surface area contributed by atoms with E-state index in [-0.39, 0.29) is 16.9 Å². The highest BCUT2D eigenvalue weighted by Crippen LogP contribution is 2.17. The molecule has 1 aromatic rings. The van der Waals surface area contributed by atoms with Gasteiger partial charge in [-0.2, -0.15) is 0 Å². The molecule has 0 saturated carbocycles. The third kappa shape index (κ3) is 4.34. The van der Waals surface area contributed by atoms with Gasteiger partial charge in [0.15, 0.2) is 9.84 Å². The highest BCUT2D eigenvalue weighted by Gasteiger charge is 2.16. The quantitative estimate of drug-likeness (QED) is 0.844. The zero-order valence-electron chi connectivity index (χ0n) is 11.5. The summed E-state index contributed by atoms with van der Waals surface area (Å²) in [6, 6.07) is 3.82. The molecule has 0 aliphatic carbocycles. The lowest BCUT2D eigenvalue weighted by Crippen LogP contribution is -2.34. The predicted molar refractivity (Wildman–Crippen MR) is 73.5 cm³/mol. The number of amides is 1. The number of carboxylic acid groups (broad SMARTS) is 1. The van der Waals surface area contributed by atoms with Gasteiger partial charge >= 0.3 is 5.97 Å². The monoisotopic (exact) mass is 299 g/mol. The summed E-state index contributed by atoms with van der Waals surface area (Å²) in [4.78, 5) is 22.5. The zero-order valence-corrected chi connectivity index (χ0v) is 12.3. The van der Waals surface area contributed by atoms with E-state index in [4.69, 9.17) is 5.11 Å². The Morgan fingerprint density at radius 3 is 2.45 bits per heavy atom. The van der Waals surface area contributed by atoms with Crippen molar-refractivity contribution in [1.29, 1.82) is 0 Å². The molecule has 0 radical (unpaired) electrons. The van der Waals surface area contributed by atoms with E-state index in [1.54, 1.807) is 19.9 Å². The van der Waals surface area contributed by atoms with E-state index >= 15 is 0 Å². The van der Waals surface area contributed by atoms with Crippen molar-refractivity contribution in [3.63, 3.8) is 0 Å². The molecule has 1 unspecified atom stereocenters. The average Bonchev–Trinajstić information content (AvgIpc) is 2.26. The van der Waals surface area contributed by atoms with Crippen LogP contribution >= 0.6 is 0 Å². The molecule has 110 valence electrons. The van der Waals surface area contributed by atoms with Crippen molar-refractivity contribution in [2.45, 2.75) is 31.2 Å². The maximum atomic E-state index is 11.9. The van der Waals surface area contributed by atoms with E-state index in [0.29, 0.717) is 5.56 Å². The number of nitrogens with one attached hydrogen (secondary N) is 1. The fourth-order valence-corrected chi connectivity index (χ4v) is 2.75. The minimum absolute atomic E-state index is 0.0936. The molecular weight excluding hydrogens is 282 g/mol. The van der Waals surface area contributed by atoms with Gasteiger partial charge in [-0.1, -0.05) is 6.07 Å². The number of hydrogen-bond donors (Lipinski definition) is 2. The Hall–Kier alpha value is -1.89. The third-order valence-electron chi connectivity index (χ3n) is 2.71. The van der Waals surface area contributed by atoms with Gasteiger partial charge in [0.2, 0.25) is 0 Å². The first-order valence-corrected chi connectivity index (χ1v) is 7.83. The number of carbonyl (C=O) groups is 2. The van der Waals surface area contributed by atoms with Gasteiger partial charge in [0.1, 0.15) is 0 Å². The maximum absolute atomic E-state index is 11.9. The van der Waals surface area contributed by atoms with Crippen LogP contribution in [-0.4, -0.2) is 37.7 Å². The normalized spacial score (nSPS) is 12.8. The van der Waals surface area contributed by atoms with Gasteiger partial charge in [-0.15, -0.1) is 0 Å². The van der Waals surface area contributed by atoms with E-state index in [9.17, 15) is 18.0 Å². The fraction of sp³-hybridized carbons (Fsp3) is 0.385. The molecule has 0 aromatic heterocycles. The van der Waals surface area contributed by atoms with E-state index in [1.165, 1.54) is 12.1 Å². The summed E-state index contributed by atoms with van der Waals surface area (Å²) in [7, 11) is -3.41. The van der Waals surface area contributed by atoms with E-state index in [2.05, 4.69) is 5.32 Å². The highest BCUT2D eigenvalue weighted by molar-refractivity contribution is 7.90. The van der Waals surface area contributed by atoms with Gasteiger partial charge in [0.05, 0.1) is 11.3 Å². The SMILES string of the molecule is Cc1ccc(C(=O)NC(C)CC(=O)O)cc1S(C)(=O)=O. The third-order valence-corrected chi connectivity index (χ3v) is 3.95. The second kappa shape index (κ2) is 6.04. The number of aliphatic carboxylic acids is 1. The first kappa shape index (κ1) is 16.2. The van der Waals surface area contributed by atoms with Crippen molar-refractivity contribution in [2.75, 3.05) is 6.26 Å². The van der Waals surface area contributed by atoms with E-state index in [0.717, 1.165) is 6.26 Å². The fourth-order valence-electron chi connectivity index (χ4n) is 1.76. The van der Waals surface area contributed by atoms with Crippen LogP contribution in [0.4, 0.5) is 0 Å². The molecule has 0 aliphatic heterocycles. The topological polar surface area (TPSA) is 101 Å². The molecule has 1 amide bonds. The molecule has 1 atom stereocenters. The van der Waals surface area contributed by atoms with Crippen molar-refractivity contribution < 1.29 is 23.1 Å². The molecule has 0 spiro atoms. The van der Waals surface area contributed by atoms with Crippen LogP contribution in [0.5, 0.6) is 0 Å². The molecule has 0 bridgehead atoms. The van der Waals surface area contributed by atoms with E-state index < -0.39 is 27.8 Å². The van der Waals surface area contributed by atoms with Crippen molar-refractivity contribution in [3.8, 4) is 0 Å². The van der Waals surface area contributed by atoms with Crippen LogP contribution in [-0.2, 0) is 14.6 Å². The Morgan fingerprint density at radius 2 is 1.95 bits per heavy atom. The van der Waals surface area contributed by atoms with Gasteiger partial charge in [-0.3, -0.25) is 9.59 Å². The van der Waals surface area contributed by atoms with Gasteiger partial charge in [0, 0.05) is 17.9 Å². The summed E-state index contributed by atoms with van der Waals surface area (Å²) in [5.41, 5.74) is 0.746. The Kier molecular flexibility index (Phi) is 4.88. The second-order valence-electron chi connectivity index (χ2n) is 4.72. The van der Waals surface area contributed by atoms with Crippen LogP contribution in [0.2, 0.25) is 0 Å². The number of carbonyl (C=O) groups excluding carboxylic acids is 1. The number of benzene rings is 1. The van der Waals surface area contributed by atoms with Crippen LogP contribution in [0.3, 0.4) is 0 Å². The van der Waals surface area contributed by atoms with Crippen molar-refractivity contribution in [2.24, 2.45) is 0 Å². The average molecular weight is 299 g/mol. The number of carboxylic acids is 1. The molecule has 1 rings (SSSR count). The Balaban J connectivity index is 2.98. The van der Waals surface area contributed by atoms with Crippen LogP contribution in [0.1, 0.15) is 29.3 Å². The molecule has 1 aromatic carbocycles. The van der Waals surface area contributed by atoms with Crippen LogP contribution < -0.4 is 5.32 Å². The Morgan fingerprint density at radius 1 is 1.35 bits per heavy atom. The number of hydrogen-bond acceptors (Lipinski definition) is 4. The molecule has 0 fully saturated rings. The maximum Gasteiger partial charge on any atom is 0.305 e. The van der Waals surface area contributed by atoms with Gasteiger partial charge in [-0.25, -0.2) is 8.42 Å². The molecular formula is C13H17NO5S. The second-order valence-corrected chi connectivity index (χ2v) is 6.71. The van der Waals surface area contributed by atoms with Crippen LogP contribution in [0.25, 0.3) is 0 Å². The first-order valence-electron chi connectivity index (χ1n) is 5.94. The number of sulfone groups is 1. The number of rotatable bonds is 5. The molecule has 2 N–H and O–H groups in total. The van der Waals surface area contributed by atoms with Gasteiger partial charge < -0.3 is 10.4 Å². The predicted octanol–water partition coefficient (Wildman–Crippen LogP) is 0.992. The summed E-state index contributed by atoms with van der Waals surface area (Å²) >= 11 is 0. The summed E-state index contributed by atoms with van der Waals surface area (Å²) in [6.45, 7) is 3.21. The minimum atomic E-state index is -3.41. The Bertz CT molecular complexity index is 636. The Labute approximate surface area is 117 Å². The lowest BCUT2D eigenvalue weighted by molar-refractivity contribution is -0.137. The lowest BCUT2D eigenvalue weighted by Gasteiger charge is -2.12. The molecule has 20 heavy (non-hydrogen) atoms. The van der Waals surface area contributed by atoms with Gasteiger partial charge in [-0.05, 0) is 31.5 Å². The zero-order chi connectivity index (χ0) is 15.5. The summed E-state index contributed by atoms with van der Waals surface area (Å²) in [5.74, 6) is -1.51. The molecule has 0 heterocycles. The lowest BCUT2D eigenvalue weighted by atomic mass is 10.1. The summed E-state index contributed by atoms with van der Waals surface area (Å²) in [6.07, 6.45) is 0.876. The molecule has 0 saturated heterocycles. The van der Waals surface area contributed by atoms with Crippen molar-refractivity contribution >= 4 is 21.7 Å². The number of aryl methyl sites for hydroxylation is 1. The van der Waals surface area contributed by atoms with Crippen molar-refractivity contribution in [1.82, 2.24) is 5.32 Å².